The van der Waals surface area contributed by atoms with Gasteiger partial charge >= 0.3 is 0 Å². The Labute approximate surface area is 114 Å². The van der Waals surface area contributed by atoms with Crippen molar-refractivity contribution in [2.24, 2.45) is 0 Å². The third kappa shape index (κ3) is 4.19. The van der Waals surface area contributed by atoms with Crippen LogP contribution < -0.4 is 5.32 Å². The van der Waals surface area contributed by atoms with Crippen LogP contribution in [0.2, 0.25) is 0 Å². The minimum absolute atomic E-state index is 0.770. The molecule has 0 unspecified atom stereocenters. The zero-order chi connectivity index (χ0) is 12.8. The summed E-state index contributed by atoms with van der Waals surface area (Å²) in [7, 11) is 0. The van der Waals surface area contributed by atoms with Crippen molar-refractivity contribution in [2.75, 3.05) is 13.1 Å². The van der Waals surface area contributed by atoms with Crippen LogP contribution in [0, 0.1) is 0 Å². The maximum absolute atomic E-state index is 4.69. The van der Waals surface area contributed by atoms with Gasteiger partial charge in [0.05, 0.1) is 5.69 Å². The molecule has 0 atom stereocenters. The first-order valence-corrected chi connectivity index (χ1v) is 7.70. The Kier molecular flexibility index (Phi) is 5.35. The molecule has 1 aliphatic rings. The summed E-state index contributed by atoms with van der Waals surface area (Å²) in [5.74, 6) is 0. The molecule has 1 aromatic heterocycles. The van der Waals surface area contributed by atoms with E-state index in [1.54, 1.807) is 11.3 Å². The standard InChI is InChI=1S/C14H23N3S/c1-3-7-15-9-14-16-12(11-18-14)10-17(8-4-2)13-5-6-13/h4,11,13,15H,2-3,5-10H2,1H3. The van der Waals surface area contributed by atoms with Crippen LogP contribution in [-0.4, -0.2) is 29.0 Å². The Morgan fingerprint density at radius 2 is 2.44 bits per heavy atom. The van der Waals surface area contributed by atoms with Crippen LogP contribution in [0.25, 0.3) is 0 Å². The van der Waals surface area contributed by atoms with Gasteiger partial charge in [-0.1, -0.05) is 13.0 Å². The number of hydrogen-bond donors (Lipinski definition) is 1. The zero-order valence-corrected chi connectivity index (χ0v) is 12.0. The maximum atomic E-state index is 4.69. The van der Waals surface area contributed by atoms with E-state index in [4.69, 9.17) is 4.98 Å². The van der Waals surface area contributed by atoms with Gasteiger partial charge < -0.3 is 5.32 Å². The molecule has 0 saturated heterocycles. The van der Waals surface area contributed by atoms with Gasteiger partial charge in [0, 0.05) is 31.1 Å². The predicted molar refractivity (Wildman–Crippen MR) is 77.7 cm³/mol. The van der Waals surface area contributed by atoms with E-state index in [2.05, 4.69) is 29.1 Å². The van der Waals surface area contributed by atoms with Gasteiger partial charge in [0.1, 0.15) is 5.01 Å². The molecular weight excluding hydrogens is 242 g/mol. The second kappa shape index (κ2) is 7.02. The lowest BCUT2D eigenvalue weighted by molar-refractivity contribution is 0.281. The van der Waals surface area contributed by atoms with Crippen LogP contribution in [0.3, 0.4) is 0 Å². The van der Waals surface area contributed by atoms with Crippen molar-refractivity contribution in [1.82, 2.24) is 15.2 Å². The van der Waals surface area contributed by atoms with E-state index >= 15 is 0 Å². The van der Waals surface area contributed by atoms with Crippen LogP contribution in [-0.2, 0) is 13.1 Å². The molecule has 1 N–H and O–H groups in total. The first-order valence-electron chi connectivity index (χ1n) is 6.82. The summed E-state index contributed by atoms with van der Waals surface area (Å²) < 4.78 is 0. The highest BCUT2D eigenvalue weighted by atomic mass is 32.1. The molecule has 2 rings (SSSR count). The van der Waals surface area contributed by atoms with Crippen molar-refractivity contribution in [3.8, 4) is 0 Å². The number of aromatic nitrogens is 1. The van der Waals surface area contributed by atoms with Gasteiger partial charge in [-0.05, 0) is 25.8 Å². The Morgan fingerprint density at radius 3 is 3.11 bits per heavy atom. The van der Waals surface area contributed by atoms with Crippen LogP contribution in [0.1, 0.15) is 36.9 Å². The predicted octanol–water partition coefficient (Wildman–Crippen LogP) is 2.79. The molecular formula is C14H23N3S. The molecule has 0 bridgehead atoms. The highest BCUT2D eigenvalue weighted by Crippen LogP contribution is 2.28. The van der Waals surface area contributed by atoms with Crippen molar-refractivity contribution in [3.63, 3.8) is 0 Å². The van der Waals surface area contributed by atoms with Gasteiger partial charge in [-0.3, -0.25) is 4.90 Å². The van der Waals surface area contributed by atoms with E-state index in [0.29, 0.717) is 0 Å². The van der Waals surface area contributed by atoms with E-state index in [-0.39, 0.29) is 0 Å². The quantitative estimate of drug-likeness (QED) is 0.550. The van der Waals surface area contributed by atoms with Gasteiger partial charge in [-0.15, -0.1) is 17.9 Å². The largest absolute Gasteiger partial charge is 0.310 e. The summed E-state index contributed by atoms with van der Waals surface area (Å²) in [4.78, 5) is 7.17. The molecule has 0 aliphatic heterocycles. The topological polar surface area (TPSA) is 28.2 Å². The number of nitrogens with one attached hydrogen (secondary N) is 1. The summed E-state index contributed by atoms with van der Waals surface area (Å²) >= 11 is 1.77. The molecule has 0 amide bonds. The van der Waals surface area contributed by atoms with E-state index in [9.17, 15) is 0 Å². The molecule has 18 heavy (non-hydrogen) atoms. The zero-order valence-electron chi connectivity index (χ0n) is 11.2. The van der Waals surface area contributed by atoms with E-state index in [1.165, 1.54) is 30.0 Å². The van der Waals surface area contributed by atoms with Gasteiger partial charge in [0.25, 0.3) is 0 Å². The highest BCUT2D eigenvalue weighted by Gasteiger charge is 2.28. The number of hydrogen-bond acceptors (Lipinski definition) is 4. The van der Waals surface area contributed by atoms with Crippen molar-refractivity contribution in [2.45, 2.75) is 45.3 Å². The van der Waals surface area contributed by atoms with E-state index < -0.39 is 0 Å². The normalized spacial score (nSPS) is 15.2. The fourth-order valence-electron chi connectivity index (χ4n) is 2.03. The minimum atomic E-state index is 0.770. The molecule has 4 heteroatoms. The molecule has 100 valence electrons. The average molecular weight is 265 g/mol. The summed E-state index contributed by atoms with van der Waals surface area (Å²) in [5, 5.41) is 6.79. The van der Waals surface area contributed by atoms with Crippen molar-refractivity contribution >= 4 is 11.3 Å². The van der Waals surface area contributed by atoms with Crippen LogP contribution in [0.4, 0.5) is 0 Å². The molecule has 1 fully saturated rings. The Balaban J connectivity index is 1.82. The number of rotatable bonds is 9. The first kappa shape index (κ1) is 13.7. The minimum Gasteiger partial charge on any atom is -0.310 e. The van der Waals surface area contributed by atoms with Crippen molar-refractivity contribution in [3.05, 3.63) is 28.7 Å². The van der Waals surface area contributed by atoms with Crippen LogP contribution >= 0.6 is 11.3 Å². The molecule has 3 nitrogen and oxygen atoms in total. The van der Waals surface area contributed by atoms with E-state index in [0.717, 1.165) is 32.2 Å². The molecule has 1 heterocycles. The fourth-order valence-corrected chi connectivity index (χ4v) is 2.79. The maximum Gasteiger partial charge on any atom is 0.107 e. The summed E-state index contributed by atoms with van der Waals surface area (Å²) in [6, 6.07) is 0.770. The van der Waals surface area contributed by atoms with Crippen molar-refractivity contribution < 1.29 is 0 Å². The average Bonchev–Trinajstić information content (AvgIpc) is 3.12. The lowest BCUT2D eigenvalue weighted by atomic mass is 10.4. The van der Waals surface area contributed by atoms with Gasteiger partial charge in [0.15, 0.2) is 0 Å². The van der Waals surface area contributed by atoms with Crippen LogP contribution in [0.5, 0.6) is 0 Å². The Morgan fingerprint density at radius 1 is 1.61 bits per heavy atom. The summed E-state index contributed by atoms with van der Waals surface area (Å²) in [5.41, 5.74) is 1.21. The smallest absolute Gasteiger partial charge is 0.107 e. The van der Waals surface area contributed by atoms with Crippen LogP contribution in [0.15, 0.2) is 18.0 Å². The number of nitrogens with zero attached hydrogens (tertiary/aromatic N) is 2. The molecule has 1 saturated carbocycles. The summed E-state index contributed by atoms with van der Waals surface area (Å²) in [6.45, 7) is 9.95. The Bertz CT molecular complexity index is 371. The Hall–Kier alpha value is -0.710. The second-order valence-corrected chi connectivity index (χ2v) is 5.80. The SMILES string of the molecule is C=CCN(Cc1csc(CNCCC)n1)C1CC1. The second-order valence-electron chi connectivity index (χ2n) is 4.86. The van der Waals surface area contributed by atoms with Crippen molar-refractivity contribution in [1.29, 1.82) is 0 Å². The third-order valence-corrected chi connectivity index (χ3v) is 3.99. The summed E-state index contributed by atoms with van der Waals surface area (Å²) in [6.07, 6.45) is 5.84. The van der Waals surface area contributed by atoms with Gasteiger partial charge in [-0.25, -0.2) is 4.98 Å². The fraction of sp³-hybridized carbons (Fsp3) is 0.643. The molecule has 0 aromatic carbocycles. The lowest BCUT2D eigenvalue weighted by Crippen LogP contribution is -2.25. The molecule has 0 radical (unpaired) electrons. The van der Waals surface area contributed by atoms with E-state index in [1.807, 2.05) is 6.08 Å². The highest BCUT2D eigenvalue weighted by molar-refractivity contribution is 7.09. The first-order chi connectivity index (χ1) is 8.83. The monoisotopic (exact) mass is 265 g/mol. The molecule has 0 spiro atoms. The van der Waals surface area contributed by atoms with Gasteiger partial charge in [-0.2, -0.15) is 0 Å². The van der Waals surface area contributed by atoms with Gasteiger partial charge in [0.2, 0.25) is 0 Å². The molecule has 1 aliphatic carbocycles. The number of thiazole rings is 1. The third-order valence-electron chi connectivity index (χ3n) is 3.09. The molecule has 1 aromatic rings. The lowest BCUT2D eigenvalue weighted by Gasteiger charge is -2.18.